The molecule has 0 radical (unpaired) electrons. The first-order valence-corrected chi connectivity index (χ1v) is 6.04. The van der Waals surface area contributed by atoms with Crippen LogP contribution in [0.15, 0.2) is 54.6 Å². The van der Waals surface area contributed by atoms with Crippen molar-refractivity contribution >= 4 is 23.4 Å². The molecule has 0 aliphatic rings. The molecular weight excluding hydrogens is 275 g/mol. The maximum Gasteiger partial charge on any atom is 0.271 e. The van der Waals surface area contributed by atoms with Gasteiger partial charge in [0, 0.05) is 18.2 Å². The van der Waals surface area contributed by atoms with Crippen molar-refractivity contribution in [1.29, 1.82) is 0 Å². The molecule has 0 aliphatic heterocycles. The van der Waals surface area contributed by atoms with Crippen LogP contribution in [0.3, 0.4) is 0 Å². The SMILES string of the molecule is O=C(/C=C/c1ccccc1)Nc1cc([N+](=O)[O-])ccc1F. The summed E-state index contributed by atoms with van der Waals surface area (Å²) in [6.07, 6.45) is 2.79. The van der Waals surface area contributed by atoms with Gasteiger partial charge in [-0.15, -0.1) is 0 Å². The van der Waals surface area contributed by atoms with Crippen LogP contribution in [0.4, 0.5) is 15.8 Å². The Morgan fingerprint density at radius 1 is 1.19 bits per heavy atom. The molecular formula is C15H11FN2O3. The third-order valence-electron chi connectivity index (χ3n) is 2.65. The molecule has 2 aromatic rings. The van der Waals surface area contributed by atoms with Gasteiger partial charge in [0.2, 0.25) is 5.91 Å². The Morgan fingerprint density at radius 3 is 2.57 bits per heavy atom. The summed E-state index contributed by atoms with van der Waals surface area (Å²) in [5.41, 5.74) is 0.290. The van der Waals surface area contributed by atoms with E-state index in [4.69, 9.17) is 0 Å². The van der Waals surface area contributed by atoms with Gasteiger partial charge in [0.1, 0.15) is 5.82 Å². The molecule has 6 heteroatoms. The molecule has 0 unspecified atom stereocenters. The highest BCUT2D eigenvalue weighted by Gasteiger charge is 2.11. The van der Waals surface area contributed by atoms with Gasteiger partial charge in [-0.3, -0.25) is 14.9 Å². The third kappa shape index (κ3) is 3.97. The average Bonchev–Trinajstić information content (AvgIpc) is 2.48. The number of non-ortho nitro benzene ring substituents is 1. The minimum atomic E-state index is -0.734. The molecule has 0 saturated carbocycles. The Bertz CT molecular complexity index is 699. The lowest BCUT2D eigenvalue weighted by atomic mass is 10.2. The van der Waals surface area contributed by atoms with Crippen LogP contribution in [0, 0.1) is 15.9 Å². The Hall–Kier alpha value is -3.02. The van der Waals surface area contributed by atoms with Crippen LogP contribution < -0.4 is 5.32 Å². The van der Waals surface area contributed by atoms with Gasteiger partial charge >= 0.3 is 0 Å². The van der Waals surface area contributed by atoms with Crippen LogP contribution in [0.1, 0.15) is 5.56 Å². The molecule has 0 spiro atoms. The Labute approximate surface area is 119 Å². The summed E-state index contributed by atoms with van der Waals surface area (Å²) in [5, 5.41) is 12.9. The lowest BCUT2D eigenvalue weighted by molar-refractivity contribution is -0.384. The number of amides is 1. The van der Waals surface area contributed by atoms with Gasteiger partial charge in [0.15, 0.2) is 0 Å². The quantitative estimate of drug-likeness (QED) is 0.532. The Balaban J connectivity index is 2.11. The van der Waals surface area contributed by atoms with E-state index >= 15 is 0 Å². The number of carbonyl (C=O) groups excluding carboxylic acids is 1. The average molecular weight is 286 g/mol. The predicted molar refractivity (Wildman–Crippen MR) is 77.2 cm³/mol. The zero-order valence-corrected chi connectivity index (χ0v) is 10.8. The van der Waals surface area contributed by atoms with Gasteiger partial charge in [-0.25, -0.2) is 4.39 Å². The topological polar surface area (TPSA) is 72.2 Å². The summed E-state index contributed by atoms with van der Waals surface area (Å²) in [5.74, 6) is -1.31. The first-order chi connectivity index (χ1) is 10.1. The summed E-state index contributed by atoms with van der Waals surface area (Å²) >= 11 is 0. The molecule has 0 fully saturated rings. The molecule has 0 saturated heterocycles. The molecule has 1 N–H and O–H groups in total. The standard InChI is InChI=1S/C15H11FN2O3/c16-13-8-7-12(18(20)21)10-14(13)17-15(19)9-6-11-4-2-1-3-5-11/h1-10H,(H,17,19)/b9-6+. The lowest BCUT2D eigenvalue weighted by Gasteiger charge is -2.03. The number of rotatable bonds is 4. The number of hydrogen-bond acceptors (Lipinski definition) is 3. The number of anilines is 1. The molecule has 106 valence electrons. The first-order valence-electron chi connectivity index (χ1n) is 6.04. The number of nitro benzene ring substituents is 1. The molecule has 0 heterocycles. The van der Waals surface area contributed by atoms with E-state index in [0.29, 0.717) is 0 Å². The minimum absolute atomic E-state index is 0.230. The second-order valence-electron chi connectivity index (χ2n) is 4.15. The van der Waals surface area contributed by atoms with Gasteiger partial charge in [-0.05, 0) is 17.7 Å². The van der Waals surface area contributed by atoms with E-state index in [-0.39, 0.29) is 11.4 Å². The van der Waals surface area contributed by atoms with E-state index in [1.807, 2.05) is 18.2 Å². The van der Waals surface area contributed by atoms with E-state index in [2.05, 4.69) is 5.32 Å². The normalized spacial score (nSPS) is 10.5. The van der Waals surface area contributed by atoms with Crippen LogP contribution in [-0.4, -0.2) is 10.8 Å². The van der Waals surface area contributed by atoms with Crippen LogP contribution in [0.2, 0.25) is 0 Å². The van der Waals surface area contributed by atoms with Crippen LogP contribution in [0.5, 0.6) is 0 Å². The number of nitrogens with one attached hydrogen (secondary N) is 1. The predicted octanol–water partition coefficient (Wildman–Crippen LogP) is 3.39. The molecule has 21 heavy (non-hydrogen) atoms. The van der Waals surface area contributed by atoms with Crippen LogP contribution in [-0.2, 0) is 4.79 Å². The van der Waals surface area contributed by atoms with Gasteiger partial charge in [-0.2, -0.15) is 0 Å². The van der Waals surface area contributed by atoms with Crippen molar-refractivity contribution in [3.8, 4) is 0 Å². The molecule has 0 aliphatic carbocycles. The third-order valence-corrected chi connectivity index (χ3v) is 2.65. The van der Waals surface area contributed by atoms with Gasteiger partial charge < -0.3 is 5.32 Å². The van der Waals surface area contributed by atoms with Gasteiger partial charge in [0.25, 0.3) is 5.69 Å². The molecule has 2 aromatic carbocycles. The van der Waals surface area contributed by atoms with Crippen molar-refractivity contribution in [3.63, 3.8) is 0 Å². The maximum absolute atomic E-state index is 13.5. The van der Waals surface area contributed by atoms with Gasteiger partial charge in [0.05, 0.1) is 10.6 Å². The van der Waals surface area contributed by atoms with Crippen molar-refractivity contribution in [2.24, 2.45) is 0 Å². The molecule has 2 rings (SSSR count). The smallest absolute Gasteiger partial charge is 0.271 e. The number of hydrogen-bond donors (Lipinski definition) is 1. The van der Waals surface area contributed by atoms with Crippen LogP contribution >= 0.6 is 0 Å². The van der Waals surface area contributed by atoms with Crippen molar-refractivity contribution in [2.45, 2.75) is 0 Å². The lowest BCUT2D eigenvalue weighted by Crippen LogP contribution is -2.09. The van der Waals surface area contributed by atoms with Crippen molar-refractivity contribution < 1.29 is 14.1 Å². The summed E-state index contributed by atoms with van der Waals surface area (Å²) in [7, 11) is 0. The number of halogens is 1. The number of benzene rings is 2. The summed E-state index contributed by atoms with van der Waals surface area (Å²) < 4.78 is 13.5. The van der Waals surface area contributed by atoms with E-state index < -0.39 is 16.6 Å². The maximum atomic E-state index is 13.5. The van der Waals surface area contributed by atoms with Gasteiger partial charge in [-0.1, -0.05) is 30.3 Å². The number of nitro groups is 1. The zero-order chi connectivity index (χ0) is 15.2. The van der Waals surface area contributed by atoms with E-state index in [0.717, 1.165) is 23.8 Å². The number of carbonyl (C=O) groups is 1. The summed E-state index contributed by atoms with van der Waals surface area (Å²) in [6, 6.07) is 12.0. The van der Waals surface area contributed by atoms with Crippen LogP contribution in [0.25, 0.3) is 6.08 Å². The van der Waals surface area contributed by atoms with E-state index in [9.17, 15) is 19.3 Å². The molecule has 0 bridgehead atoms. The highest BCUT2D eigenvalue weighted by molar-refractivity contribution is 6.02. The Kier molecular flexibility index (Phi) is 4.40. The summed E-state index contributed by atoms with van der Waals surface area (Å²) in [6.45, 7) is 0. The van der Waals surface area contributed by atoms with Crippen molar-refractivity contribution in [3.05, 3.63) is 76.1 Å². The highest BCUT2D eigenvalue weighted by Crippen LogP contribution is 2.21. The largest absolute Gasteiger partial charge is 0.320 e. The Morgan fingerprint density at radius 2 is 1.90 bits per heavy atom. The second-order valence-corrected chi connectivity index (χ2v) is 4.15. The minimum Gasteiger partial charge on any atom is -0.320 e. The fourth-order valence-corrected chi connectivity index (χ4v) is 1.63. The molecule has 1 amide bonds. The summed E-state index contributed by atoms with van der Waals surface area (Å²) in [4.78, 5) is 21.6. The highest BCUT2D eigenvalue weighted by atomic mass is 19.1. The van der Waals surface area contributed by atoms with Crippen molar-refractivity contribution in [1.82, 2.24) is 0 Å². The second kappa shape index (κ2) is 6.42. The molecule has 0 aromatic heterocycles. The fourth-order valence-electron chi connectivity index (χ4n) is 1.63. The number of nitrogens with zero attached hydrogens (tertiary/aromatic N) is 1. The monoisotopic (exact) mass is 286 g/mol. The first kappa shape index (κ1) is 14.4. The van der Waals surface area contributed by atoms with E-state index in [1.165, 1.54) is 6.08 Å². The molecule has 5 nitrogen and oxygen atoms in total. The molecule has 0 atom stereocenters. The van der Waals surface area contributed by atoms with Crippen molar-refractivity contribution in [2.75, 3.05) is 5.32 Å². The zero-order valence-electron chi connectivity index (χ0n) is 10.8. The van der Waals surface area contributed by atoms with E-state index in [1.54, 1.807) is 18.2 Å². The fraction of sp³-hybridized carbons (Fsp3) is 0.